The molecule has 6 rings (SSSR count). The van der Waals surface area contributed by atoms with Crippen molar-refractivity contribution in [3.8, 4) is 28.4 Å². The Kier molecular flexibility index (Phi) is 8.98. The van der Waals surface area contributed by atoms with Crippen molar-refractivity contribution in [3.63, 3.8) is 0 Å². The Morgan fingerprint density at radius 3 is 2.37 bits per heavy atom. The molecule has 9 nitrogen and oxygen atoms in total. The molecule has 1 unspecified atom stereocenters. The molecule has 0 saturated carbocycles. The largest absolute Gasteiger partial charge is 0.497 e. The van der Waals surface area contributed by atoms with Crippen molar-refractivity contribution < 1.29 is 19.0 Å². The lowest BCUT2D eigenvalue weighted by Crippen LogP contribution is -2.39. The fourth-order valence-electron chi connectivity index (χ4n) is 5.41. The quantitative estimate of drug-likeness (QED) is 0.150. The van der Waals surface area contributed by atoms with E-state index >= 15 is 0 Å². The summed E-state index contributed by atoms with van der Waals surface area (Å²) < 4.78 is 20.2. The molecule has 0 fully saturated rings. The van der Waals surface area contributed by atoms with Gasteiger partial charge in [-0.05, 0) is 73.5 Å². The highest BCUT2D eigenvalue weighted by atomic mass is 32.1. The molecule has 0 radical (unpaired) electrons. The van der Waals surface area contributed by atoms with Gasteiger partial charge >= 0.3 is 5.97 Å². The zero-order valence-corrected chi connectivity index (χ0v) is 26.9. The Bertz CT molecular complexity index is 2080. The minimum absolute atomic E-state index is 0.267. The second-order valence-corrected chi connectivity index (χ2v) is 11.8. The van der Waals surface area contributed by atoms with Crippen molar-refractivity contribution in [1.29, 1.82) is 0 Å². The van der Waals surface area contributed by atoms with Gasteiger partial charge in [0.05, 0.1) is 48.4 Å². The van der Waals surface area contributed by atoms with E-state index in [0.717, 1.165) is 41.0 Å². The van der Waals surface area contributed by atoms with E-state index in [1.54, 1.807) is 30.7 Å². The number of thiazole rings is 1. The highest BCUT2D eigenvalue weighted by Gasteiger charge is 2.33. The predicted octanol–water partition coefficient (Wildman–Crippen LogP) is 5.45. The molecule has 1 atom stereocenters. The van der Waals surface area contributed by atoms with E-state index in [2.05, 4.69) is 11.9 Å². The van der Waals surface area contributed by atoms with Crippen LogP contribution in [0.25, 0.3) is 23.0 Å². The Morgan fingerprint density at radius 1 is 0.978 bits per heavy atom. The molecule has 2 aromatic heterocycles. The summed E-state index contributed by atoms with van der Waals surface area (Å²) in [6, 6.07) is 24.2. The SMILES string of the molecule is CCCCOc1ccc(-c2nn(-c3ccccc3)cc2/C=c2\sc3n(c2=O)C(c2ccc(OC)cc2)C(C(=O)OC)=C(C)N=3)cc1. The molecule has 3 heterocycles. The third-order valence-corrected chi connectivity index (χ3v) is 8.79. The molecule has 10 heteroatoms. The number of aromatic nitrogens is 3. The van der Waals surface area contributed by atoms with Crippen molar-refractivity contribution in [2.45, 2.75) is 32.7 Å². The molecule has 1 aliphatic rings. The Morgan fingerprint density at radius 2 is 1.70 bits per heavy atom. The monoisotopic (exact) mass is 634 g/mol. The van der Waals surface area contributed by atoms with Gasteiger partial charge in [0.2, 0.25) is 0 Å². The molecule has 1 aliphatic heterocycles. The van der Waals surface area contributed by atoms with E-state index in [4.69, 9.17) is 19.3 Å². The third kappa shape index (κ3) is 6.03. The summed E-state index contributed by atoms with van der Waals surface area (Å²) in [4.78, 5) is 32.4. The number of allylic oxidation sites excluding steroid dienone is 1. The van der Waals surface area contributed by atoms with E-state index in [0.29, 0.717) is 38.7 Å². The molecule has 5 aromatic rings. The fourth-order valence-corrected chi connectivity index (χ4v) is 6.45. The minimum atomic E-state index is -0.719. The summed E-state index contributed by atoms with van der Waals surface area (Å²) >= 11 is 1.27. The van der Waals surface area contributed by atoms with Gasteiger partial charge < -0.3 is 14.2 Å². The molecule has 3 aromatic carbocycles. The number of hydrogen-bond acceptors (Lipinski definition) is 8. The third-order valence-electron chi connectivity index (χ3n) is 7.80. The normalized spacial score (nSPS) is 14.5. The number of para-hydroxylation sites is 1. The summed E-state index contributed by atoms with van der Waals surface area (Å²) in [5.74, 6) is 0.926. The average Bonchev–Trinajstić information content (AvgIpc) is 3.65. The predicted molar refractivity (Wildman–Crippen MR) is 178 cm³/mol. The van der Waals surface area contributed by atoms with Crippen molar-refractivity contribution >= 4 is 23.4 Å². The van der Waals surface area contributed by atoms with Crippen LogP contribution in [-0.4, -0.2) is 41.1 Å². The second kappa shape index (κ2) is 13.4. The van der Waals surface area contributed by atoms with Gasteiger partial charge in [-0.15, -0.1) is 0 Å². The number of fused-ring (bicyclic) bond motifs is 1. The summed E-state index contributed by atoms with van der Waals surface area (Å²) in [5.41, 5.74) is 4.54. The molecule has 0 amide bonds. The molecule has 234 valence electrons. The van der Waals surface area contributed by atoms with Crippen LogP contribution >= 0.6 is 11.3 Å². The zero-order chi connectivity index (χ0) is 32.2. The molecule has 0 bridgehead atoms. The van der Waals surface area contributed by atoms with Crippen LogP contribution in [0.15, 0.2) is 106 Å². The molecule has 0 N–H and O–H groups in total. The summed E-state index contributed by atoms with van der Waals surface area (Å²) in [6.45, 7) is 4.56. The van der Waals surface area contributed by atoms with Gasteiger partial charge in [0.1, 0.15) is 17.2 Å². The van der Waals surface area contributed by atoms with Gasteiger partial charge in [-0.25, -0.2) is 14.5 Å². The van der Waals surface area contributed by atoms with E-state index in [9.17, 15) is 9.59 Å². The first kappa shape index (κ1) is 30.8. The average molecular weight is 635 g/mol. The zero-order valence-electron chi connectivity index (χ0n) is 26.1. The summed E-state index contributed by atoms with van der Waals surface area (Å²) in [6.07, 6.45) is 5.82. The maximum Gasteiger partial charge on any atom is 0.338 e. The molecule has 46 heavy (non-hydrogen) atoms. The van der Waals surface area contributed by atoms with E-state index in [1.807, 2.05) is 83.7 Å². The van der Waals surface area contributed by atoms with Gasteiger partial charge in [-0.1, -0.05) is 55.0 Å². The standard InChI is InChI=1S/C36H34N4O5S/c1-5-6-20-45-29-18-12-24(13-19-29)32-26(22-39(38-32)27-10-8-7-9-11-27)21-30-34(41)40-33(25-14-16-28(43-3)17-15-25)31(35(42)44-4)23(2)37-36(40)46-30/h7-19,21-22,33H,5-6,20H2,1-4H3/b30-21-. The van der Waals surface area contributed by atoms with E-state index < -0.39 is 12.0 Å². The highest BCUT2D eigenvalue weighted by molar-refractivity contribution is 7.07. The van der Waals surface area contributed by atoms with Crippen LogP contribution in [0, 0.1) is 0 Å². The molecule has 0 aliphatic carbocycles. The van der Waals surface area contributed by atoms with Gasteiger partial charge in [0.25, 0.3) is 5.56 Å². The fraction of sp³-hybridized carbons (Fsp3) is 0.222. The Labute approximate surface area is 270 Å². The van der Waals surface area contributed by atoms with Crippen LogP contribution in [0.1, 0.15) is 43.9 Å². The lowest BCUT2D eigenvalue weighted by Gasteiger charge is -2.24. The molecule has 0 spiro atoms. The Balaban J connectivity index is 1.49. The van der Waals surface area contributed by atoms with Crippen LogP contribution in [0.5, 0.6) is 11.5 Å². The minimum Gasteiger partial charge on any atom is -0.497 e. The highest BCUT2D eigenvalue weighted by Crippen LogP contribution is 2.32. The van der Waals surface area contributed by atoms with Gasteiger partial charge in [0, 0.05) is 17.3 Å². The second-order valence-electron chi connectivity index (χ2n) is 10.8. The lowest BCUT2D eigenvalue weighted by atomic mass is 9.96. The number of unbranched alkanes of at least 4 members (excludes halogenated alkanes) is 1. The smallest absolute Gasteiger partial charge is 0.338 e. The van der Waals surface area contributed by atoms with Crippen LogP contribution in [0.3, 0.4) is 0 Å². The van der Waals surface area contributed by atoms with Crippen molar-refractivity contribution in [2.24, 2.45) is 4.99 Å². The number of carbonyl (C=O) groups excluding carboxylic acids is 1. The number of nitrogens with zero attached hydrogens (tertiary/aromatic N) is 4. The number of rotatable bonds is 10. The van der Waals surface area contributed by atoms with Gasteiger partial charge in [-0.3, -0.25) is 9.36 Å². The van der Waals surface area contributed by atoms with Crippen LogP contribution in [-0.2, 0) is 9.53 Å². The van der Waals surface area contributed by atoms with Crippen LogP contribution < -0.4 is 24.4 Å². The van der Waals surface area contributed by atoms with E-state index in [-0.39, 0.29) is 5.56 Å². The maximum absolute atomic E-state index is 14.2. The maximum atomic E-state index is 14.2. The molecular weight excluding hydrogens is 600 g/mol. The topological polar surface area (TPSA) is 96.9 Å². The number of methoxy groups -OCH3 is 2. The number of carbonyl (C=O) groups is 1. The van der Waals surface area contributed by atoms with Crippen molar-refractivity contribution in [2.75, 3.05) is 20.8 Å². The number of ether oxygens (including phenoxy) is 3. The van der Waals surface area contributed by atoms with Gasteiger partial charge in [-0.2, -0.15) is 5.10 Å². The van der Waals surface area contributed by atoms with Crippen LogP contribution in [0.2, 0.25) is 0 Å². The number of benzene rings is 3. The first-order valence-electron chi connectivity index (χ1n) is 15.0. The number of esters is 1. The first-order valence-corrected chi connectivity index (χ1v) is 15.9. The molecule has 0 saturated heterocycles. The van der Waals surface area contributed by atoms with Crippen LogP contribution in [0.4, 0.5) is 0 Å². The molecular formula is C36H34N4O5S. The number of hydrogen-bond donors (Lipinski definition) is 0. The Hall–Kier alpha value is -5.22. The van der Waals surface area contributed by atoms with Gasteiger partial charge in [0.15, 0.2) is 4.80 Å². The summed E-state index contributed by atoms with van der Waals surface area (Å²) in [7, 11) is 2.92. The lowest BCUT2D eigenvalue weighted by molar-refractivity contribution is -0.136. The van der Waals surface area contributed by atoms with E-state index in [1.165, 1.54) is 18.4 Å². The van der Waals surface area contributed by atoms with Crippen molar-refractivity contribution in [3.05, 3.63) is 127 Å². The van der Waals surface area contributed by atoms with Crippen molar-refractivity contribution in [1.82, 2.24) is 14.3 Å². The summed E-state index contributed by atoms with van der Waals surface area (Å²) in [5, 5.41) is 4.94. The first-order chi connectivity index (χ1) is 22.4.